The molecule has 0 saturated heterocycles. The highest BCUT2D eigenvalue weighted by molar-refractivity contribution is 9.10. The predicted octanol–water partition coefficient (Wildman–Crippen LogP) is 3.31. The second-order valence-electron chi connectivity index (χ2n) is 4.72. The van der Waals surface area contributed by atoms with E-state index in [1.807, 2.05) is 24.3 Å². The van der Waals surface area contributed by atoms with Crippen LogP contribution in [-0.2, 0) is 6.54 Å². The molecule has 0 unspecified atom stereocenters. The average Bonchev–Trinajstić information content (AvgIpc) is 2.46. The summed E-state index contributed by atoms with van der Waals surface area (Å²) in [5, 5.41) is 0. The second-order valence-corrected chi connectivity index (χ2v) is 5.63. The van der Waals surface area contributed by atoms with Crippen molar-refractivity contribution in [1.29, 1.82) is 0 Å². The molecule has 0 aliphatic heterocycles. The lowest BCUT2D eigenvalue weighted by Crippen LogP contribution is -2.27. The molecule has 0 aliphatic carbocycles. The highest BCUT2D eigenvalue weighted by Crippen LogP contribution is 2.26. The van der Waals surface area contributed by atoms with E-state index < -0.39 is 0 Å². The van der Waals surface area contributed by atoms with Crippen molar-refractivity contribution in [2.24, 2.45) is 0 Å². The number of carbonyl (C=O) groups excluding carboxylic acids is 1. The number of hydrogen-bond donors (Lipinski definition) is 1. The molecule has 0 radical (unpaired) electrons. The van der Waals surface area contributed by atoms with Gasteiger partial charge in [0.2, 0.25) is 0 Å². The molecule has 1 amide bonds. The van der Waals surface area contributed by atoms with Crippen LogP contribution in [0.1, 0.15) is 15.9 Å². The highest BCUT2D eigenvalue weighted by atomic mass is 79.9. The lowest BCUT2D eigenvalue weighted by molar-refractivity contribution is 0.0783. The van der Waals surface area contributed by atoms with Crippen molar-refractivity contribution >= 4 is 27.5 Å². The predicted molar refractivity (Wildman–Crippen MR) is 87.3 cm³/mol. The molecule has 2 aromatic carbocycles. The van der Waals surface area contributed by atoms with E-state index in [0.717, 1.165) is 10.0 Å². The van der Waals surface area contributed by atoms with Gasteiger partial charge in [-0.1, -0.05) is 34.1 Å². The van der Waals surface area contributed by atoms with Crippen LogP contribution >= 0.6 is 15.9 Å². The van der Waals surface area contributed by atoms with Gasteiger partial charge >= 0.3 is 0 Å². The summed E-state index contributed by atoms with van der Waals surface area (Å²) in [6, 6.07) is 13.0. The number of benzene rings is 2. The van der Waals surface area contributed by atoms with E-state index in [4.69, 9.17) is 10.5 Å². The summed E-state index contributed by atoms with van der Waals surface area (Å²) in [6.45, 7) is 0.496. The van der Waals surface area contributed by atoms with E-state index in [0.29, 0.717) is 23.5 Å². The Morgan fingerprint density at radius 2 is 2.00 bits per heavy atom. The van der Waals surface area contributed by atoms with Gasteiger partial charge in [0.05, 0.1) is 7.11 Å². The van der Waals surface area contributed by atoms with Crippen LogP contribution in [0.15, 0.2) is 46.9 Å². The molecule has 0 spiro atoms. The molecule has 0 heterocycles. The second kappa shape index (κ2) is 6.63. The summed E-state index contributed by atoms with van der Waals surface area (Å²) >= 11 is 3.42. The molecule has 0 bridgehead atoms. The number of ether oxygens (including phenoxy) is 1. The Kier molecular flexibility index (Phi) is 4.85. The molecule has 2 N–H and O–H groups in total. The van der Waals surface area contributed by atoms with Crippen LogP contribution in [0.2, 0.25) is 0 Å². The average molecular weight is 349 g/mol. The monoisotopic (exact) mass is 348 g/mol. The first kappa shape index (κ1) is 15.4. The molecule has 5 heteroatoms. The Morgan fingerprint density at radius 1 is 1.29 bits per heavy atom. The van der Waals surface area contributed by atoms with Crippen LogP contribution in [0.3, 0.4) is 0 Å². The smallest absolute Gasteiger partial charge is 0.259 e. The van der Waals surface area contributed by atoms with Crippen molar-refractivity contribution in [2.45, 2.75) is 6.54 Å². The lowest BCUT2D eigenvalue weighted by Gasteiger charge is -2.20. The molecule has 110 valence electrons. The number of nitrogens with zero attached hydrogens (tertiary/aromatic N) is 1. The zero-order chi connectivity index (χ0) is 15.4. The summed E-state index contributed by atoms with van der Waals surface area (Å²) in [6.07, 6.45) is 0. The number of hydrogen-bond acceptors (Lipinski definition) is 3. The largest absolute Gasteiger partial charge is 0.496 e. The van der Waals surface area contributed by atoms with Crippen LogP contribution in [0.5, 0.6) is 5.75 Å². The van der Waals surface area contributed by atoms with E-state index in [-0.39, 0.29) is 5.91 Å². The Balaban J connectivity index is 2.24. The number of carbonyl (C=O) groups is 1. The molecule has 0 atom stereocenters. The molecule has 0 fully saturated rings. The molecular formula is C16H17BrN2O2. The number of nitrogen functional groups attached to an aromatic ring is 1. The molecule has 0 aliphatic rings. The molecular weight excluding hydrogens is 332 g/mol. The fourth-order valence-corrected chi connectivity index (χ4v) is 2.57. The van der Waals surface area contributed by atoms with Gasteiger partial charge in [-0.05, 0) is 29.8 Å². The van der Waals surface area contributed by atoms with Crippen LogP contribution in [0, 0.1) is 0 Å². The lowest BCUT2D eigenvalue weighted by atomic mass is 10.1. The zero-order valence-electron chi connectivity index (χ0n) is 12.0. The van der Waals surface area contributed by atoms with Crippen molar-refractivity contribution in [3.05, 3.63) is 58.1 Å². The molecule has 2 rings (SSSR count). The number of amides is 1. The Morgan fingerprint density at radius 3 is 2.67 bits per heavy atom. The van der Waals surface area contributed by atoms with Gasteiger partial charge in [-0.15, -0.1) is 0 Å². The van der Waals surface area contributed by atoms with Gasteiger partial charge in [0, 0.05) is 23.8 Å². The van der Waals surface area contributed by atoms with Gasteiger partial charge in [0.15, 0.2) is 0 Å². The van der Waals surface area contributed by atoms with Crippen molar-refractivity contribution in [1.82, 2.24) is 4.90 Å². The zero-order valence-corrected chi connectivity index (χ0v) is 13.6. The quantitative estimate of drug-likeness (QED) is 0.862. The van der Waals surface area contributed by atoms with Gasteiger partial charge in [0.25, 0.3) is 5.91 Å². The van der Waals surface area contributed by atoms with Crippen molar-refractivity contribution in [2.75, 3.05) is 19.9 Å². The number of rotatable bonds is 4. The minimum atomic E-state index is -0.162. The van der Waals surface area contributed by atoms with E-state index in [1.54, 1.807) is 30.1 Å². The fraction of sp³-hybridized carbons (Fsp3) is 0.188. The van der Waals surface area contributed by atoms with E-state index in [2.05, 4.69) is 15.9 Å². The molecule has 21 heavy (non-hydrogen) atoms. The molecule has 4 nitrogen and oxygen atoms in total. The van der Waals surface area contributed by atoms with Crippen LogP contribution in [0.4, 0.5) is 5.69 Å². The maximum Gasteiger partial charge on any atom is 0.259 e. The van der Waals surface area contributed by atoms with Gasteiger partial charge in [0.1, 0.15) is 11.3 Å². The molecule has 0 saturated carbocycles. The minimum absolute atomic E-state index is 0.162. The summed E-state index contributed by atoms with van der Waals surface area (Å²) in [5.41, 5.74) is 7.77. The van der Waals surface area contributed by atoms with Crippen LogP contribution < -0.4 is 10.5 Å². The summed E-state index contributed by atoms with van der Waals surface area (Å²) in [7, 11) is 3.27. The standard InChI is InChI=1S/C16H17BrN2O2/c1-19(10-11-5-3-6-12(17)9-11)16(20)15-13(18)7-4-8-14(15)21-2/h3-9H,10,18H2,1-2H3. The SMILES string of the molecule is COc1cccc(N)c1C(=O)N(C)Cc1cccc(Br)c1. The van der Waals surface area contributed by atoms with Crippen molar-refractivity contribution < 1.29 is 9.53 Å². The van der Waals surface area contributed by atoms with Crippen LogP contribution in [0.25, 0.3) is 0 Å². The Hall–Kier alpha value is -2.01. The minimum Gasteiger partial charge on any atom is -0.496 e. The fourth-order valence-electron chi connectivity index (χ4n) is 2.12. The first-order valence-corrected chi connectivity index (χ1v) is 7.24. The van der Waals surface area contributed by atoms with Crippen LogP contribution in [-0.4, -0.2) is 25.0 Å². The maximum absolute atomic E-state index is 12.6. The van der Waals surface area contributed by atoms with Crippen molar-refractivity contribution in [3.63, 3.8) is 0 Å². The van der Waals surface area contributed by atoms with Gasteiger partial charge in [-0.25, -0.2) is 0 Å². The third-order valence-corrected chi connectivity index (χ3v) is 3.64. The molecule has 0 aromatic heterocycles. The van der Waals surface area contributed by atoms with Crippen molar-refractivity contribution in [3.8, 4) is 5.75 Å². The Bertz CT molecular complexity index is 658. The number of methoxy groups -OCH3 is 1. The Labute approximate surface area is 132 Å². The first-order chi connectivity index (χ1) is 10.0. The van der Waals surface area contributed by atoms with Gasteiger partial charge < -0.3 is 15.4 Å². The van der Waals surface area contributed by atoms with Gasteiger partial charge in [-0.2, -0.15) is 0 Å². The summed E-state index contributed by atoms with van der Waals surface area (Å²) < 4.78 is 6.22. The van der Waals surface area contributed by atoms with E-state index in [9.17, 15) is 4.79 Å². The number of nitrogens with two attached hydrogens (primary N) is 1. The topological polar surface area (TPSA) is 55.6 Å². The number of anilines is 1. The number of halogens is 1. The third kappa shape index (κ3) is 3.55. The highest BCUT2D eigenvalue weighted by Gasteiger charge is 2.19. The van der Waals surface area contributed by atoms with E-state index >= 15 is 0 Å². The maximum atomic E-state index is 12.6. The first-order valence-electron chi connectivity index (χ1n) is 6.45. The third-order valence-electron chi connectivity index (χ3n) is 3.15. The summed E-state index contributed by atoms with van der Waals surface area (Å²) in [4.78, 5) is 14.2. The van der Waals surface area contributed by atoms with Gasteiger partial charge in [-0.3, -0.25) is 4.79 Å². The summed E-state index contributed by atoms with van der Waals surface area (Å²) in [5.74, 6) is 0.325. The van der Waals surface area contributed by atoms with E-state index in [1.165, 1.54) is 7.11 Å². The normalized spacial score (nSPS) is 10.2. The molecule has 2 aromatic rings.